The molecule has 0 bridgehead atoms. The molecule has 1 aromatic rings. The van der Waals surface area contributed by atoms with Crippen molar-refractivity contribution >= 4 is 11.6 Å². The molecule has 104 valence electrons. The lowest BCUT2D eigenvalue weighted by Gasteiger charge is -2.20. The second-order valence-corrected chi connectivity index (χ2v) is 5.76. The normalized spacial score (nSPS) is 18.0. The van der Waals surface area contributed by atoms with Crippen LogP contribution in [-0.4, -0.2) is 5.91 Å². The summed E-state index contributed by atoms with van der Waals surface area (Å²) >= 11 is 0. The summed E-state index contributed by atoms with van der Waals surface area (Å²) in [5.41, 5.74) is 2.28. The first-order valence-electron chi connectivity index (χ1n) is 7.61. The van der Waals surface area contributed by atoms with Gasteiger partial charge in [-0.1, -0.05) is 45.2 Å². The summed E-state index contributed by atoms with van der Waals surface area (Å²) in [5, 5.41) is 3.06. The average Bonchev–Trinajstić information content (AvgIpc) is 2.48. The molecule has 19 heavy (non-hydrogen) atoms. The number of anilines is 1. The molecule has 2 heteroatoms. The first-order chi connectivity index (χ1) is 9.20. The maximum Gasteiger partial charge on any atom is 0.227 e. The highest BCUT2D eigenvalue weighted by molar-refractivity contribution is 5.92. The fourth-order valence-electron chi connectivity index (χ4n) is 2.74. The molecule has 1 aliphatic carbocycles. The second kappa shape index (κ2) is 6.74. The minimum Gasteiger partial charge on any atom is -0.326 e. The van der Waals surface area contributed by atoms with Crippen LogP contribution >= 0.6 is 0 Å². The van der Waals surface area contributed by atoms with Gasteiger partial charge in [-0.3, -0.25) is 4.79 Å². The number of hydrogen-bond acceptors (Lipinski definition) is 1. The van der Waals surface area contributed by atoms with Crippen LogP contribution in [0.15, 0.2) is 24.3 Å². The van der Waals surface area contributed by atoms with Gasteiger partial charge >= 0.3 is 0 Å². The molecule has 1 aliphatic rings. The van der Waals surface area contributed by atoms with Crippen LogP contribution in [0.5, 0.6) is 0 Å². The fourth-order valence-corrected chi connectivity index (χ4v) is 2.74. The topological polar surface area (TPSA) is 29.1 Å². The number of carbonyl (C=O) groups excluding carboxylic acids is 1. The lowest BCUT2D eigenvalue weighted by molar-refractivity contribution is -0.120. The van der Waals surface area contributed by atoms with E-state index in [0.29, 0.717) is 5.92 Å². The highest BCUT2D eigenvalue weighted by atomic mass is 16.1. The van der Waals surface area contributed by atoms with Crippen molar-refractivity contribution in [2.24, 2.45) is 5.92 Å². The molecule has 2 rings (SSSR count). The zero-order chi connectivity index (χ0) is 13.7. The molecule has 0 aromatic heterocycles. The molecule has 0 saturated heterocycles. The third kappa shape index (κ3) is 3.82. The monoisotopic (exact) mass is 259 g/mol. The minimum atomic E-state index is 0.205. The Morgan fingerprint density at radius 1 is 1.21 bits per heavy atom. The summed E-state index contributed by atoms with van der Waals surface area (Å²) in [6.45, 7) is 4.43. The third-order valence-electron chi connectivity index (χ3n) is 4.34. The number of hydrogen-bond donors (Lipinski definition) is 1. The van der Waals surface area contributed by atoms with Crippen LogP contribution in [0, 0.1) is 5.92 Å². The molecule has 1 atom stereocenters. The predicted octanol–water partition coefficient (Wildman–Crippen LogP) is 4.72. The molecule has 1 N–H and O–H groups in total. The van der Waals surface area contributed by atoms with E-state index in [0.717, 1.165) is 24.9 Å². The van der Waals surface area contributed by atoms with E-state index in [2.05, 4.69) is 31.3 Å². The summed E-state index contributed by atoms with van der Waals surface area (Å²) in [5.74, 6) is 1.02. The summed E-state index contributed by atoms with van der Waals surface area (Å²) < 4.78 is 0. The predicted molar refractivity (Wildman–Crippen MR) is 80.4 cm³/mol. The van der Waals surface area contributed by atoms with E-state index in [-0.39, 0.29) is 11.8 Å². The molecule has 0 aliphatic heterocycles. The maximum absolute atomic E-state index is 12.1. The van der Waals surface area contributed by atoms with Crippen molar-refractivity contribution in [1.29, 1.82) is 0 Å². The maximum atomic E-state index is 12.1. The Bertz CT molecular complexity index is 404. The molecule has 1 aromatic carbocycles. The van der Waals surface area contributed by atoms with E-state index in [1.165, 1.54) is 24.8 Å². The van der Waals surface area contributed by atoms with Crippen LogP contribution in [0.25, 0.3) is 0 Å². The highest BCUT2D eigenvalue weighted by Gasteiger charge is 2.20. The van der Waals surface area contributed by atoms with Gasteiger partial charge in [0, 0.05) is 11.6 Å². The van der Waals surface area contributed by atoms with E-state index in [1.54, 1.807) is 0 Å². The van der Waals surface area contributed by atoms with Crippen LogP contribution < -0.4 is 5.32 Å². The number of benzene rings is 1. The Morgan fingerprint density at radius 2 is 1.84 bits per heavy atom. The van der Waals surface area contributed by atoms with Crippen LogP contribution in [0.1, 0.15) is 63.9 Å². The van der Waals surface area contributed by atoms with Crippen LogP contribution in [0.4, 0.5) is 5.69 Å². The van der Waals surface area contributed by atoms with Gasteiger partial charge in [-0.15, -0.1) is 0 Å². The van der Waals surface area contributed by atoms with Crippen molar-refractivity contribution < 1.29 is 4.79 Å². The third-order valence-corrected chi connectivity index (χ3v) is 4.34. The number of carbonyl (C=O) groups is 1. The SMILES string of the molecule is CC[C@@H](C)c1ccc(NC(=O)C2CCCCC2)cc1. The fraction of sp³-hybridized carbons (Fsp3) is 0.588. The molecular formula is C17H25NO. The summed E-state index contributed by atoms with van der Waals surface area (Å²) in [6, 6.07) is 8.32. The molecule has 1 saturated carbocycles. The minimum absolute atomic E-state index is 0.205. The van der Waals surface area contributed by atoms with E-state index in [9.17, 15) is 4.79 Å². The number of rotatable bonds is 4. The van der Waals surface area contributed by atoms with Gasteiger partial charge in [0.1, 0.15) is 0 Å². The Morgan fingerprint density at radius 3 is 2.42 bits per heavy atom. The van der Waals surface area contributed by atoms with Gasteiger partial charge in [-0.2, -0.15) is 0 Å². The smallest absolute Gasteiger partial charge is 0.227 e. The zero-order valence-corrected chi connectivity index (χ0v) is 12.1. The van der Waals surface area contributed by atoms with E-state index < -0.39 is 0 Å². The Kier molecular flexibility index (Phi) is 5.00. The van der Waals surface area contributed by atoms with Gasteiger partial charge in [0.05, 0.1) is 0 Å². The summed E-state index contributed by atoms with van der Waals surface area (Å²) in [7, 11) is 0. The molecule has 0 unspecified atom stereocenters. The van der Waals surface area contributed by atoms with Gasteiger partial charge in [0.15, 0.2) is 0 Å². The van der Waals surface area contributed by atoms with Crippen LogP contribution in [0.3, 0.4) is 0 Å². The van der Waals surface area contributed by atoms with E-state index in [4.69, 9.17) is 0 Å². The average molecular weight is 259 g/mol. The van der Waals surface area contributed by atoms with Gasteiger partial charge in [-0.05, 0) is 42.9 Å². The molecule has 1 amide bonds. The molecule has 0 radical (unpaired) electrons. The lowest BCUT2D eigenvalue weighted by atomic mass is 9.88. The summed E-state index contributed by atoms with van der Waals surface area (Å²) in [6.07, 6.45) is 6.94. The summed E-state index contributed by atoms with van der Waals surface area (Å²) in [4.78, 5) is 12.1. The van der Waals surface area contributed by atoms with Gasteiger partial charge in [0.25, 0.3) is 0 Å². The molecular weight excluding hydrogens is 234 g/mol. The second-order valence-electron chi connectivity index (χ2n) is 5.76. The van der Waals surface area contributed by atoms with Gasteiger partial charge < -0.3 is 5.32 Å². The van der Waals surface area contributed by atoms with Gasteiger partial charge in [-0.25, -0.2) is 0 Å². The van der Waals surface area contributed by atoms with Crippen molar-refractivity contribution in [3.05, 3.63) is 29.8 Å². The Labute approximate surface area is 116 Å². The van der Waals surface area contributed by atoms with Gasteiger partial charge in [0.2, 0.25) is 5.91 Å². The highest BCUT2D eigenvalue weighted by Crippen LogP contribution is 2.25. The van der Waals surface area contributed by atoms with Crippen molar-refractivity contribution in [3.63, 3.8) is 0 Å². The molecule has 1 fully saturated rings. The molecule has 2 nitrogen and oxygen atoms in total. The first kappa shape index (κ1) is 14.1. The Hall–Kier alpha value is -1.31. The van der Waals surface area contributed by atoms with Crippen molar-refractivity contribution in [1.82, 2.24) is 0 Å². The van der Waals surface area contributed by atoms with Crippen molar-refractivity contribution in [3.8, 4) is 0 Å². The first-order valence-corrected chi connectivity index (χ1v) is 7.61. The largest absolute Gasteiger partial charge is 0.326 e. The number of amides is 1. The number of nitrogens with one attached hydrogen (secondary N) is 1. The van der Waals surface area contributed by atoms with Crippen molar-refractivity contribution in [2.45, 2.75) is 58.3 Å². The molecule has 0 spiro atoms. The quantitative estimate of drug-likeness (QED) is 0.833. The Balaban J connectivity index is 1.93. The lowest BCUT2D eigenvalue weighted by Crippen LogP contribution is -2.24. The zero-order valence-electron chi connectivity index (χ0n) is 12.1. The van der Waals surface area contributed by atoms with E-state index in [1.807, 2.05) is 12.1 Å². The molecule has 0 heterocycles. The van der Waals surface area contributed by atoms with Crippen molar-refractivity contribution in [2.75, 3.05) is 5.32 Å². The standard InChI is InChI=1S/C17H25NO/c1-3-13(2)14-9-11-16(12-10-14)18-17(19)15-7-5-4-6-8-15/h9-13,15H,3-8H2,1-2H3,(H,18,19)/t13-/m1/s1. The van der Waals surface area contributed by atoms with E-state index >= 15 is 0 Å². The van der Waals surface area contributed by atoms with Crippen LogP contribution in [0.2, 0.25) is 0 Å². The van der Waals surface area contributed by atoms with Crippen LogP contribution in [-0.2, 0) is 4.79 Å².